The summed E-state index contributed by atoms with van der Waals surface area (Å²) in [6.07, 6.45) is 2.46. The predicted molar refractivity (Wildman–Crippen MR) is 61.6 cm³/mol. The molecule has 92 valence electrons. The third-order valence-electron chi connectivity index (χ3n) is 2.95. The highest BCUT2D eigenvalue weighted by Gasteiger charge is 2.29. The van der Waals surface area contributed by atoms with Crippen molar-refractivity contribution in [1.29, 1.82) is 0 Å². The van der Waals surface area contributed by atoms with Crippen LogP contribution in [0.1, 0.15) is 33.1 Å². The fourth-order valence-electron chi connectivity index (χ4n) is 1.98. The molecule has 0 aromatic rings. The van der Waals surface area contributed by atoms with E-state index in [0.29, 0.717) is 6.54 Å². The van der Waals surface area contributed by atoms with E-state index < -0.39 is 6.04 Å². The summed E-state index contributed by atoms with van der Waals surface area (Å²) in [5.74, 6) is -0.211. The number of likely N-dealkylation sites (N-methyl/N-ethyl adjacent to an activating group) is 1. The van der Waals surface area contributed by atoms with E-state index in [1.165, 1.54) is 0 Å². The number of nitrogens with one attached hydrogen (secondary N) is 2. The SMILES string of the molecule is CCNC(=O)C(C)NC(=O)C1CCC(N)C1. The second-order valence-corrected chi connectivity index (χ2v) is 4.39. The van der Waals surface area contributed by atoms with Gasteiger partial charge in [0.05, 0.1) is 0 Å². The van der Waals surface area contributed by atoms with Crippen LogP contribution in [0.2, 0.25) is 0 Å². The van der Waals surface area contributed by atoms with Crippen molar-refractivity contribution in [2.24, 2.45) is 11.7 Å². The van der Waals surface area contributed by atoms with Crippen molar-refractivity contribution in [3.8, 4) is 0 Å². The van der Waals surface area contributed by atoms with Crippen molar-refractivity contribution in [2.75, 3.05) is 6.54 Å². The Morgan fingerprint density at radius 2 is 2.12 bits per heavy atom. The van der Waals surface area contributed by atoms with Crippen LogP contribution in [0.3, 0.4) is 0 Å². The first-order valence-electron chi connectivity index (χ1n) is 5.88. The maximum atomic E-state index is 11.8. The number of nitrogens with two attached hydrogens (primary N) is 1. The lowest BCUT2D eigenvalue weighted by atomic mass is 10.1. The lowest BCUT2D eigenvalue weighted by molar-refractivity contribution is -0.130. The van der Waals surface area contributed by atoms with Gasteiger partial charge in [0.1, 0.15) is 6.04 Å². The van der Waals surface area contributed by atoms with Crippen molar-refractivity contribution in [3.63, 3.8) is 0 Å². The molecule has 1 aliphatic rings. The van der Waals surface area contributed by atoms with Gasteiger partial charge in [-0.3, -0.25) is 9.59 Å². The summed E-state index contributed by atoms with van der Waals surface area (Å²) >= 11 is 0. The molecule has 5 nitrogen and oxygen atoms in total. The Bertz CT molecular complexity index is 268. The van der Waals surface area contributed by atoms with Crippen molar-refractivity contribution in [1.82, 2.24) is 10.6 Å². The van der Waals surface area contributed by atoms with Gasteiger partial charge in [0.2, 0.25) is 11.8 Å². The van der Waals surface area contributed by atoms with E-state index in [1.807, 2.05) is 6.92 Å². The Morgan fingerprint density at radius 3 is 2.62 bits per heavy atom. The van der Waals surface area contributed by atoms with Crippen LogP contribution in [0.5, 0.6) is 0 Å². The van der Waals surface area contributed by atoms with Crippen molar-refractivity contribution >= 4 is 11.8 Å². The van der Waals surface area contributed by atoms with Gasteiger partial charge in [0.15, 0.2) is 0 Å². The summed E-state index contributed by atoms with van der Waals surface area (Å²) in [5, 5.41) is 5.39. The first kappa shape index (κ1) is 13.0. The molecule has 1 rings (SSSR count). The van der Waals surface area contributed by atoms with E-state index in [-0.39, 0.29) is 23.8 Å². The number of hydrogen-bond donors (Lipinski definition) is 3. The molecule has 3 unspecified atom stereocenters. The zero-order valence-corrected chi connectivity index (χ0v) is 9.95. The summed E-state index contributed by atoms with van der Waals surface area (Å²) in [6.45, 7) is 4.12. The van der Waals surface area contributed by atoms with Crippen LogP contribution in [-0.2, 0) is 9.59 Å². The zero-order chi connectivity index (χ0) is 12.1. The molecule has 5 heteroatoms. The van der Waals surface area contributed by atoms with Crippen LogP contribution in [0.25, 0.3) is 0 Å². The molecule has 1 saturated carbocycles. The van der Waals surface area contributed by atoms with Gasteiger partial charge in [-0.2, -0.15) is 0 Å². The molecule has 1 fully saturated rings. The second-order valence-electron chi connectivity index (χ2n) is 4.39. The van der Waals surface area contributed by atoms with Crippen molar-refractivity contribution in [3.05, 3.63) is 0 Å². The number of carbonyl (C=O) groups is 2. The fraction of sp³-hybridized carbons (Fsp3) is 0.818. The normalized spacial score (nSPS) is 26.2. The van der Waals surface area contributed by atoms with Crippen LogP contribution in [-0.4, -0.2) is 30.4 Å². The molecule has 4 N–H and O–H groups in total. The molecule has 2 amide bonds. The van der Waals surface area contributed by atoms with Crippen LogP contribution in [0, 0.1) is 5.92 Å². The first-order valence-corrected chi connectivity index (χ1v) is 5.88. The summed E-state index contributed by atoms with van der Waals surface area (Å²) in [7, 11) is 0. The monoisotopic (exact) mass is 227 g/mol. The van der Waals surface area contributed by atoms with E-state index in [2.05, 4.69) is 10.6 Å². The van der Waals surface area contributed by atoms with Gasteiger partial charge in [-0.25, -0.2) is 0 Å². The molecular weight excluding hydrogens is 206 g/mol. The lowest BCUT2D eigenvalue weighted by Crippen LogP contribution is -2.46. The molecule has 1 aliphatic carbocycles. The quantitative estimate of drug-likeness (QED) is 0.619. The molecule has 0 heterocycles. The van der Waals surface area contributed by atoms with Crippen LogP contribution in [0.4, 0.5) is 0 Å². The Morgan fingerprint density at radius 1 is 1.44 bits per heavy atom. The van der Waals surface area contributed by atoms with Gasteiger partial charge < -0.3 is 16.4 Å². The van der Waals surface area contributed by atoms with E-state index in [0.717, 1.165) is 19.3 Å². The van der Waals surface area contributed by atoms with Gasteiger partial charge in [-0.05, 0) is 33.1 Å². The summed E-state index contributed by atoms with van der Waals surface area (Å²) in [5.41, 5.74) is 5.74. The Hall–Kier alpha value is -1.10. The maximum Gasteiger partial charge on any atom is 0.242 e. The molecular formula is C11H21N3O2. The molecule has 0 radical (unpaired) electrons. The van der Waals surface area contributed by atoms with Crippen LogP contribution >= 0.6 is 0 Å². The van der Waals surface area contributed by atoms with Crippen LogP contribution in [0.15, 0.2) is 0 Å². The minimum atomic E-state index is -0.468. The van der Waals surface area contributed by atoms with E-state index in [1.54, 1.807) is 6.92 Å². The highest BCUT2D eigenvalue weighted by atomic mass is 16.2. The second kappa shape index (κ2) is 5.84. The average molecular weight is 227 g/mol. The molecule has 3 atom stereocenters. The highest BCUT2D eigenvalue weighted by molar-refractivity contribution is 5.88. The molecule has 0 aliphatic heterocycles. The average Bonchev–Trinajstić information content (AvgIpc) is 2.65. The maximum absolute atomic E-state index is 11.8. The zero-order valence-electron chi connectivity index (χ0n) is 9.95. The number of rotatable bonds is 4. The molecule has 0 bridgehead atoms. The van der Waals surface area contributed by atoms with Gasteiger partial charge in [0.25, 0.3) is 0 Å². The Balaban J connectivity index is 2.36. The molecule has 0 aromatic heterocycles. The summed E-state index contributed by atoms with van der Waals surface area (Å²) < 4.78 is 0. The third kappa shape index (κ3) is 3.48. The van der Waals surface area contributed by atoms with Crippen LogP contribution < -0.4 is 16.4 Å². The molecule has 16 heavy (non-hydrogen) atoms. The minimum absolute atomic E-state index is 0.0214. The minimum Gasteiger partial charge on any atom is -0.355 e. The first-order chi connectivity index (χ1) is 7.54. The number of carbonyl (C=O) groups excluding carboxylic acids is 2. The Labute approximate surface area is 96.1 Å². The number of amides is 2. The number of hydrogen-bond acceptors (Lipinski definition) is 3. The lowest BCUT2D eigenvalue weighted by Gasteiger charge is -2.16. The van der Waals surface area contributed by atoms with Crippen molar-refractivity contribution < 1.29 is 9.59 Å². The van der Waals surface area contributed by atoms with E-state index in [9.17, 15) is 9.59 Å². The summed E-state index contributed by atoms with van der Waals surface area (Å²) in [4.78, 5) is 23.2. The van der Waals surface area contributed by atoms with E-state index in [4.69, 9.17) is 5.73 Å². The van der Waals surface area contributed by atoms with Gasteiger partial charge in [-0.1, -0.05) is 0 Å². The fourth-order valence-corrected chi connectivity index (χ4v) is 1.98. The van der Waals surface area contributed by atoms with Gasteiger partial charge in [-0.15, -0.1) is 0 Å². The molecule has 0 spiro atoms. The van der Waals surface area contributed by atoms with Crippen molar-refractivity contribution in [2.45, 2.75) is 45.2 Å². The van der Waals surface area contributed by atoms with E-state index >= 15 is 0 Å². The third-order valence-corrected chi connectivity index (χ3v) is 2.95. The molecule has 0 aromatic carbocycles. The standard InChI is InChI=1S/C11H21N3O2/c1-3-13-10(15)7(2)14-11(16)8-4-5-9(12)6-8/h7-9H,3-6,12H2,1-2H3,(H,13,15)(H,14,16). The molecule has 0 saturated heterocycles. The van der Waals surface area contributed by atoms with Gasteiger partial charge >= 0.3 is 0 Å². The highest BCUT2D eigenvalue weighted by Crippen LogP contribution is 2.24. The summed E-state index contributed by atoms with van der Waals surface area (Å²) in [6, 6.07) is -0.334. The predicted octanol–water partition coefficient (Wildman–Crippen LogP) is -0.245. The Kier molecular flexibility index (Phi) is 4.73. The smallest absolute Gasteiger partial charge is 0.242 e. The topological polar surface area (TPSA) is 84.2 Å². The van der Waals surface area contributed by atoms with Gasteiger partial charge in [0, 0.05) is 18.5 Å². The largest absolute Gasteiger partial charge is 0.355 e.